The molecule has 0 N–H and O–H groups in total. The van der Waals surface area contributed by atoms with Gasteiger partial charge in [-0.05, 0) is 19.1 Å². The first-order valence-corrected chi connectivity index (χ1v) is 5.20. The van der Waals surface area contributed by atoms with Gasteiger partial charge in [-0.25, -0.2) is 0 Å². The quantitative estimate of drug-likeness (QED) is 0.755. The van der Waals surface area contributed by atoms with Gasteiger partial charge in [0.1, 0.15) is 11.5 Å². The summed E-state index contributed by atoms with van der Waals surface area (Å²) in [5.41, 5.74) is 0.681. The largest absolute Gasteiger partial charge is 0.491 e. The van der Waals surface area contributed by atoms with Crippen LogP contribution in [0.1, 0.15) is 13.3 Å². The summed E-state index contributed by atoms with van der Waals surface area (Å²) in [4.78, 5) is 24.4. The molecule has 0 aromatic heterocycles. The molecule has 4 nitrogen and oxygen atoms in total. The molecule has 1 aromatic rings. The van der Waals surface area contributed by atoms with Crippen LogP contribution >= 0.6 is 0 Å². The van der Waals surface area contributed by atoms with Gasteiger partial charge in [0.05, 0.1) is 25.3 Å². The van der Waals surface area contributed by atoms with E-state index in [1.54, 1.807) is 12.1 Å². The first-order chi connectivity index (χ1) is 7.68. The van der Waals surface area contributed by atoms with Crippen LogP contribution in [-0.2, 0) is 9.59 Å². The summed E-state index contributed by atoms with van der Waals surface area (Å²) in [6.45, 7) is 1.95. The van der Waals surface area contributed by atoms with E-state index < -0.39 is 0 Å². The molecule has 1 heterocycles. The highest BCUT2D eigenvalue weighted by Crippen LogP contribution is 2.30. The van der Waals surface area contributed by atoms with Crippen LogP contribution in [-0.4, -0.2) is 24.8 Å². The molecular weight excluding hydrogens is 206 g/mol. The van der Waals surface area contributed by atoms with Crippen molar-refractivity contribution in [2.24, 2.45) is 0 Å². The van der Waals surface area contributed by atoms with Gasteiger partial charge in [0.25, 0.3) is 0 Å². The normalized spacial score (nSPS) is 15.1. The van der Waals surface area contributed by atoms with Gasteiger partial charge in [0, 0.05) is 0 Å². The Morgan fingerprint density at radius 2 is 2.19 bits per heavy atom. The minimum atomic E-state index is -0.0693. The molecule has 16 heavy (non-hydrogen) atoms. The number of anilines is 1. The van der Waals surface area contributed by atoms with E-state index in [-0.39, 0.29) is 18.2 Å². The molecule has 4 heteroatoms. The fourth-order valence-electron chi connectivity index (χ4n) is 1.72. The lowest BCUT2D eigenvalue weighted by molar-refractivity contribution is -0.122. The molecule has 1 aliphatic rings. The van der Waals surface area contributed by atoms with E-state index in [0.29, 0.717) is 24.5 Å². The Morgan fingerprint density at radius 1 is 1.44 bits per heavy atom. The van der Waals surface area contributed by atoms with E-state index in [2.05, 4.69) is 0 Å². The van der Waals surface area contributed by atoms with E-state index in [0.717, 1.165) is 0 Å². The average Bonchev–Trinajstić information content (AvgIpc) is 2.40. The summed E-state index contributed by atoms with van der Waals surface area (Å²) in [6, 6.07) is 7.27. The zero-order chi connectivity index (χ0) is 11.5. The molecule has 1 aliphatic heterocycles. The zero-order valence-electron chi connectivity index (χ0n) is 9.10. The summed E-state index contributed by atoms with van der Waals surface area (Å²) in [5, 5.41) is 0. The van der Waals surface area contributed by atoms with Crippen molar-refractivity contribution in [3.63, 3.8) is 0 Å². The van der Waals surface area contributed by atoms with Crippen LogP contribution in [0.2, 0.25) is 0 Å². The summed E-state index contributed by atoms with van der Waals surface area (Å²) in [5.74, 6) is 0.555. The molecule has 0 saturated carbocycles. The molecule has 0 saturated heterocycles. The number of fused-ring (bicyclic) bond motifs is 1. The van der Waals surface area contributed by atoms with Gasteiger partial charge in [-0.2, -0.15) is 0 Å². The van der Waals surface area contributed by atoms with E-state index in [1.807, 2.05) is 12.1 Å². The van der Waals surface area contributed by atoms with E-state index in [1.165, 1.54) is 11.8 Å². The predicted octanol–water partition coefficient (Wildman–Crippen LogP) is 1.39. The lowest BCUT2D eigenvalue weighted by atomic mass is 10.2. The van der Waals surface area contributed by atoms with Crippen LogP contribution in [0.4, 0.5) is 5.69 Å². The summed E-state index contributed by atoms with van der Waals surface area (Å²) >= 11 is 0. The van der Waals surface area contributed by atoms with Gasteiger partial charge < -0.3 is 9.64 Å². The van der Waals surface area contributed by atoms with Crippen molar-refractivity contribution < 1.29 is 14.3 Å². The number of nitrogens with zero attached hydrogens (tertiary/aromatic N) is 1. The van der Waals surface area contributed by atoms with Gasteiger partial charge in [0.15, 0.2) is 0 Å². The van der Waals surface area contributed by atoms with E-state index in [4.69, 9.17) is 4.74 Å². The second-order valence-corrected chi connectivity index (χ2v) is 3.75. The van der Waals surface area contributed by atoms with Crippen LogP contribution in [0.25, 0.3) is 0 Å². The third-order valence-electron chi connectivity index (χ3n) is 2.41. The molecule has 1 aromatic carbocycles. The molecule has 0 spiro atoms. The minimum Gasteiger partial charge on any atom is -0.491 e. The van der Waals surface area contributed by atoms with Crippen LogP contribution in [0.3, 0.4) is 0 Å². The second-order valence-electron chi connectivity index (χ2n) is 3.75. The van der Waals surface area contributed by atoms with Crippen molar-refractivity contribution in [3.05, 3.63) is 24.3 Å². The number of carbonyl (C=O) groups is 2. The smallest absolute Gasteiger partial charge is 0.230 e. The molecule has 84 valence electrons. The number of ether oxygens (including phenoxy) is 1. The number of para-hydroxylation sites is 2. The maximum absolute atomic E-state index is 11.8. The highest BCUT2D eigenvalue weighted by Gasteiger charge is 2.23. The summed E-state index contributed by atoms with van der Waals surface area (Å²) < 4.78 is 5.46. The first-order valence-electron chi connectivity index (χ1n) is 5.20. The summed E-state index contributed by atoms with van der Waals surface area (Å²) in [6.07, 6.45) is 0.307. The van der Waals surface area contributed by atoms with Gasteiger partial charge in [-0.3, -0.25) is 9.59 Å². The molecule has 0 aliphatic carbocycles. The molecule has 0 fully saturated rings. The second kappa shape index (κ2) is 4.35. The van der Waals surface area contributed by atoms with Crippen molar-refractivity contribution in [1.82, 2.24) is 0 Å². The topological polar surface area (TPSA) is 46.6 Å². The van der Waals surface area contributed by atoms with Gasteiger partial charge in [-0.15, -0.1) is 0 Å². The Bertz CT molecular complexity index is 428. The Balaban J connectivity index is 2.39. The van der Waals surface area contributed by atoms with Gasteiger partial charge in [0.2, 0.25) is 5.91 Å². The standard InChI is InChI=1S/C12H13NO3/c1-9(14)8-13-10-4-2-3-5-11(10)16-7-6-12(13)15/h2-5H,6-8H2,1H3. The van der Waals surface area contributed by atoms with Crippen LogP contribution in [0.15, 0.2) is 24.3 Å². The lowest BCUT2D eigenvalue weighted by Crippen LogP contribution is -2.34. The minimum absolute atomic E-state index is 0.0370. The summed E-state index contributed by atoms with van der Waals surface area (Å²) in [7, 11) is 0. The van der Waals surface area contributed by atoms with Crippen molar-refractivity contribution >= 4 is 17.4 Å². The molecule has 1 amide bonds. The fourth-order valence-corrected chi connectivity index (χ4v) is 1.72. The highest BCUT2D eigenvalue weighted by atomic mass is 16.5. The maximum Gasteiger partial charge on any atom is 0.230 e. The third-order valence-corrected chi connectivity index (χ3v) is 2.41. The maximum atomic E-state index is 11.8. The Labute approximate surface area is 93.8 Å². The Hall–Kier alpha value is -1.84. The zero-order valence-corrected chi connectivity index (χ0v) is 9.10. The molecule has 0 unspecified atom stereocenters. The number of amides is 1. The highest BCUT2D eigenvalue weighted by molar-refractivity contribution is 6.00. The predicted molar refractivity (Wildman–Crippen MR) is 59.6 cm³/mol. The lowest BCUT2D eigenvalue weighted by Gasteiger charge is -2.20. The number of rotatable bonds is 2. The number of ketones is 1. The number of Topliss-reactive ketones (excluding diaryl/α,β-unsaturated/α-hetero) is 1. The van der Waals surface area contributed by atoms with E-state index in [9.17, 15) is 9.59 Å². The molecule has 0 bridgehead atoms. The SMILES string of the molecule is CC(=O)CN1C(=O)CCOc2ccccc21. The first kappa shape index (κ1) is 10.7. The van der Waals surface area contributed by atoms with Gasteiger partial charge in [-0.1, -0.05) is 12.1 Å². The van der Waals surface area contributed by atoms with Crippen LogP contribution < -0.4 is 9.64 Å². The number of hydrogen-bond acceptors (Lipinski definition) is 3. The van der Waals surface area contributed by atoms with Gasteiger partial charge >= 0.3 is 0 Å². The van der Waals surface area contributed by atoms with Crippen molar-refractivity contribution in [3.8, 4) is 5.75 Å². The van der Waals surface area contributed by atoms with Crippen LogP contribution in [0.5, 0.6) is 5.75 Å². The fraction of sp³-hybridized carbons (Fsp3) is 0.333. The van der Waals surface area contributed by atoms with Crippen molar-refractivity contribution in [2.45, 2.75) is 13.3 Å². The average molecular weight is 219 g/mol. The number of hydrogen-bond donors (Lipinski definition) is 0. The molecule has 0 radical (unpaired) electrons. The molecule has 2 rings (SSSR count). The number of carbonyl (C=O) groups excluding carboxylic acids is 2. The van der Waals surface area contributed by atoms with E-state index >= 15 is 0 Å². The Morgan fingerprint density at radius 3 is 2.94 bits per heavy atom. The van der Waals surface area contributed by atoms with Crippen molar-refractivity contribution in [2.75, 3.05) is 18.1 Å². The third kappa shape index (κ3) is 2.05. The van der Waals surface area contributed by atoms with Crippen molar-refractivity contribution in [1.29, 1.82) is 0 Å². The number of benzene rings is 1. The van der Waals surface area contributed by atoms with Crippen LogP contribution in [0, 0.1) is 0 Å². The molecular formula is C12H13NO3. The molecule has 0 atom stereocenters. The Kier molecular flexibility index (Phi) is 2.90. The monoisotopic (exact) mass is 219 g/mol.